The third-order valence-corrected chi connectivity index (χ3v) is 4.42. The fourth-order valence-electron chi connectivity index (χ4n) is 1.92. The maximum absolute atomic E-state index is 12.0. The molecule has 0 aromatic heterocycles. The van der Waals surface area contributed by atoms with Gasteiger partial charge in [0.15, 0.2) is 0 Å². The quantitative estimate of drug-likeness (QED) is 0.801. The van der Waals surface area contributed by atoms with Gasteiger partial charge in [0.1, 0.15) is 5.75 Å². The second-order valence-electron chi connectivity index (χ2n) is 4.17. The zero-order valence-electron chi connectivity index (χ0n) is 10.2. The SMILES string of the molecule is COc1cc(NS(=O)(=O)N2CCCC2)ccc1N. The van der Waals surface area contributed by atoms with Crippen molar-refractivity contribution >= 4 is 21.6 Å². The largest absolute Gasteiger partial charge is 0.495 e. The summed E-state index contributed by atoms with van der Waals surface area (Å²) < 4.78 is 33.1. The van der Waals surface area contributed by atoms with Crippen LogP contribution in [0.4, 0.5) is 11.4 Å². The molecule has 6 nitrogen and oxygen atoms in total. The van der Waals surface area contributed by atoms with Gasteiger partial charge in [-0.15, -0.1) is 0 Å². The lowest BCUT2D eigenvalue weighted by atomic mass is 10.3. The summed E-state index contributed by atoms with van der Waals surface area (Å²) in [5, 5.41) is 0. The van der Waals surface area contributed by atoms with E-state index in [2.05, 4.69) is 4.72 Å². The first kappa shape index (κ1) is 13.0. The molecule has 1 heterocycles. The molecule has 3 N–H and O–H groups in total. The second kappa shape index (κ2) is 5.03. The number of nitrogens with two attached hydrogens (primary N) is 1. The van der Waals surface area contributed by atoms with Crippen LogP contribution in [-0.4, -0.2) is 32.9 Å². The number of nitrogens with one attached hydrogen (secondary N) is 1. The molecule has 7 heteroatoms. The average molecular weight is 271 g/mol. The third kappa shape index (κ3) is 2.68. The topological polar surface area (TPSA) is 84.7 Å². The Kier molecular flexibility index (Phi) is 3.63. The van der Waals surface area contributed by atoms with Gasteiger partial charge in [-0.05, 0) is 25.0 Å². The van der Waals surface area contributed by atoms with Crippen molar-refractivity contribution in [1.82, 2.24) is 4.31 Å². The van der Waals surface area contributed by atoms with E-state index in [9.17, 15) is 8.42 Å². The van der Waals surface area contributed by atoms with Gasteiger partial charge in [0.05, 0.1) is 18.5 Å². The maximum atomic E-state index is 12.0. The first-order valence-corrected chi connectivity index (χ1v) is 7.18. The van der Waals surface area contributed by atoms with Gasteiger partial charge in [-0.25, -0.2) is 0 Å². The number of hydrogen-bond acceptors (Lipinski definition) is 4. The van der Waals surface area contributed by atoms with E-state index in [1.165, 1.54) is 11.4 Å². The molecule has 1 aliphatic rings. The van der Waals surface area contributed by atoms with Crippen molar-refractivity contribution in [3.63, 3.8) is 0 Å². The number of benzene rings is 1. The van der Waals surface area contributed by atoms with Crippen LogP contribution in [-0.2, 0) is 10.2 Å². The van der Waals surface area contributed by atoms with Gasteiger partial charge in [-0.1, -0.05) is 0 Å². The third-order valence-electron chi connectivity index (χ3n) is 2.89. The standard InChI is InChI=1S/C11H17N3O3S/c1-17-11-8-9(4-5-10(11)12)13-18(15,16)14-6-2-3-7-14/h4-5,8,13H,2-3,6-7,12H2,1H3. The van der Waals surface area contributed by atoms with Crippen LogP contribution in [0.1, 0.15) is 12.8 Å². The van der Waals surface area contributed by atoms with Crippen LogP contribution < -0.4 is 15.2 Å². The maximum Gasteiger partial charge on any atom is 0.301 e. The lowest BCUT2D eigenvalue weighted by Gasteiger charge is -2.17. The Hall–Kier alpha value is -1.47. The summed E-state index contributed by atoms with van der Waals surface area (Å²) in [6, 6.07) is 4.80. The molecule has 0 aliphatic carbocycles. The van der Waals surface area contributed by atoms with Gasteiger partial charge >= 0.3 is 10.2 Å². The zero-order chi connectivity index (χ0) is 13.2. The van der Waals surface area contributed by atoms with Gasteiger partial charge in [0.25, 0.3) is 0 Å². The second-order valence-corrected chi connectivity index (χ2v) is 5.84. The molecule has 1 aliphatic heterocycles. The van der Waals surface area contributed by atoms with Crippen LogP contribution in [0, 0.1) is 0 Å². The fraction of sp³-hybridized carbons (Fsp3) is 0.455. The van der Waals surface area contributed by atoms with Crippen molar-refractivity contribution in [2.24, 2.45) is 0 Å². The molecule has 1 fully saturated rings. The minimum atomic E-state index is -3.46. The van der Waals surface area contributed by atoms with E-state index in [0.717, 1.165) is 12.8 Å². The molecule has 0 unspecified atom stereocenters. The molecule has 0 radical (unpaired) electrons. The van der Waals surface area contributed by atoms with Crippen molar-refractivity contribution in [3.8, 4) is 5.75 Å². The molecular weight excluding hydrogens is 254 g/mol. The molecule has 1 aromatic carbocycles. The van der Waals surface area contributed by atoms with Gasteiger partial charge in [-0.2, -0.15) is 12.7 Å². The van der Waals surface area contributed by atoms with Crippen LogP contribution in [0.2, 0.25) is 0 Å². The van der Waals surface area contributed by atoms with Gasteiger partial charge in [0, 0.05) is 19.2 Å². The van der Waals surface area contributed by atoms with E-state index in [4.69, 9.17) is 10.5 Å². The van der Waals surface area contributed by atoms with E-state index < -0.39 is 10.2 Å². The molecule has 0 amide bonds. The zero-order valence-corrected chi connectivity index (χ0v) is 11.0. The predicted octanol–water partition coefficient (Wildman–Crippen LogP) is 1.03. The summed E-state index contributed by atoms with van der Waals surface area (Å²) in [5.41, 5.74) is 6.60. The fourth-order valence-corrected chi connectivity index (χ4v) is 3.21. The minimum absolute atomic E-state index is 0.452. The molecule has 0 atom stereocenters. The van der Waals surface area contributed by atoms with Crippen molar-refractivity contribution < 1.29 is 13.2 Å². The average Bonchev–Trinajstić information content (AvgIpc) is 2.85. The van der Waals surface area contributed by atoms with Crippen molar-refractivity contribution in [1.29, 1.82) is 0 Å². The van der Waals surface area contributed by atoms with E-state index in [-0.39, 0.29) is 0 Å². The van der Waals surface area contributed by atoms with Crippen molar-refractivity contribution in [2.45, 2.75) is 12.8 Å². The first-order chi connectivity index (χ1) is 8.53. The summed E-state index contributed by atoms with van der Waals surface area (Å²) in [4.78, 5) is 0. The summed E-state index contributed by atoms with van der Waals surface area (Å²) in [6.45, 7) is 1.14. The van der Waals surface area contributed by atoms with E-state index >= 15 is 0 Å². The number of hydrogen-bond donors (Lipinski definition) is 2. The number of anilines is 2. The number of nitrogens with zero attached hydrogens (tertiary/aromatic N) is 1. The van der Waals surface area contributed by atoms with Gasteiger partial charge < -0.3 is 10.5 Å². The molecule has 0 spiro atoms. The van der Waals surface area contributed by atoms with Gasteiger partial charge in [-0.3, -0.25) is 4.72 Å². The lowest BCUT2D eigenvalue weighted by molar-refractivity contribution is 0.417. The first-order valence-electron chi connectivity index (χ1n) is 5.74. The van der Waals surface area contributed by atoms with Crippen molar-refractivity contribution in [3.05, 3.63) is 18.2 Å². The highest BCUT2D eigenvalue weighted by Gasteiger charge is 2.25. The van der Waals surface area contributed by atoms with E-state index in [0.29, 0.717) is 30.2 Å². The minimum Gasteiger partial charge on any atom is -0.495 e. The Balaban J connectivity index is 2.18. The summed E-state index contributed by atoms with van der Waals surface area (Å²) in [5.74, 6) is 0.455. The number of methoxy groups -OCH3 is 1. The van der Waals surface area contributed by atoms with Crippen LogP contribution in [0.3, 0.4) is 0 Å². The highest BCUT2D eigenvalue weighted by atomic mass is 32.2. The van der Waals surface area contributed by atoms with Crippen molar-refractivity contribution in [2.75, 3.05) is 30.7 Å². The van der Waals surface area contributed by atoms with Crippen LogP contribution in [0.5, 0.6) is 5.75 Å². The molecule has 1 saturated heterocycles. The molecule has 1 aromatic rings. The highest BCUT2D eigenvalue weighted by molar-refractivity contribution is 7.90. The Morgan fingerprint density at radius 2 is 2.00 bits per heavy atom. The Morgan fingerprint density at radius 1 is 1.33 bits per heavy atom. The number of nitrogen functional groups attached to an aromatic ring is 1. The lowest BCUT2D eigenvalue weighted by Crippen LogP contribution is -2.33. The predicted molar refractivity (Wildman–Crippen MR) is 70.8 cm³/mol. The molecular formula is C11H17N3O3S. The molecule has 18 heavy (non-hydrogen) atoms. The Morgan fingerprint density at radius 3 is 2.61 bits per heavy atom. The normalized spacial score (nSPS) is 16.7. The van der Waals surface area contributed by atoms with Crippen LogP contribution in [0.25, 0.3) is 0 Å². The monoisotopic (exact) mass is 271 g/mol. The number of rotatable bonds is 4. The van der Waals surface area contributed by atoms with E-state index in [1.54, 1.807) is 18.2 Å². The van der Waals surface area contributed by atoms with Crippen LogP contribution >= 0.6 is 0 Å². The molecule has 100 valence electrons. The number of ether oxygens (including phenoxy) is 1. The molecule has 0 saturated carbocycles. The molecule has 0 bridgehead atoms. The summed E-state index contributed by atoms with van der Waals surface area (Å²) >= 11 is 0. The highest BCUT2D eigenvalue weighted by Crippen LogP contribution is 2.26. The smallest absolute Gasteiger partial charge is 0.301 e. The molecule has 2 rings (SSSR count). The summed E-state index contributed by atoms with van der Waals surface area (Å²) in [6.07, 6.45) is 1.82. The summed E-state index contributed by atoms with van der Waals surface area (Å²) in [7, 11) is -1.97. The van der Waals surface area contributed by atoms with Crippen LogP contribution in [0.15, 0.2) is 18.2 Å². The Bertz CT molecular complexity index is 524. The van der Waals surface area contributed by atoms with E-state index in [1.807, 2.05) is 0 Å². The van der Waals surface area contributed by atoms with Gasteiger partial charge in [0.2, 0.25) is 0 Å². The Labute approximate surface area is 107 Å².